The fourth-order valence-corrected chi connectivity index (χ4v) is 3.32. The Labute approximate surface area is 117 Å². The molecule has 0 radical (unpaired) electrons. The zero-order valence-electron chi connectivity index (χ0n) is 11.4. The Kier molecular flexibility index (Phi) is 6.44. The van der Waals surface area contributed by atoms with Crippen LogP contribution in [0.15, 0.2) is 0 Å². The van der Waals surface area contributed by atoms with E-state index in [0.717, 1.165) is 31.8 Å². The third kappa shape index (κ3) is 4.13. The topological polar surface area (TPSA) is 46.3 Å². The maximum atomic E-state index is 12.2. The van der Waals surface area contributed by atoms with Gasteiger partial charge in [-0.15, -0.1) is 12.4 Å². The molecule has 1 saturated carbocycles. The van der Waals surface area contributed by atoms with Gasteiger partial charge in [0.25, 0.3) is 0 Å². The normalized spacial score (nSPS) is 26.8. The molecule has 2 atom stereocenters. The molecule has 1 aliphatic carbocycles. The number of nitrogens with two attached hydrogens (primary N) is 1. The van der Waals surface area contributed by atoms with Crippen LogP contribution in [0.2, 0.25) is 0 Å². The quantitative estimate of drug-likeness (QED) is 0.860. The van der Waals surface area contributed by atoms with Crippen molar-refractivity contribution >= 4 is 18.3 Å². The predicted octanol–water partition coefficient (Wildman–Crippen LogP) is 2.57. The first-order valence-electron chi connectivity index (χ1n) is 7.21. The van der Waals surface area contributed by atoms with E-state index in [1.54, 1.807) is 0 Å². The van der Waals surface area contributed by atoms with Gasteiger partial charge in [0, 0.05) is 25.0 Å². The van der Waals surface area contributed by atoms with Crippen molar-refractivity contribution in [3.8, 4) is 0 Å². The van der Waals surface area contributed by atoms with E-state index in [0.29, 0.717) is 5.91 Å². The fourth-order valence-electron chi connectivity index (χ4n) is 3.32. The van der Waals surface area contributed by atoms with Gasteiger partial charge in [0.2, 0.25) is 5.91 Å². The standard InChI is InChI=1S/C14H26N2O.ClH/c1-11(9-12-5-3-2-4-6-12)14(17)16-8-7-13(15)10-16;/h11-13H,2-10,15H2,1H3;1H/t11?,13-;/m1./s1. The molecule has 1 saturated heterocycles. The molecule has 0 spiro atoms. The molecule has 0 aromatic heterocycles. The molecule has 2 N–H and O–H groups in total. The van der Waals surface area contributed by atoms with Crippen LogP contribution in [-0.4, -0.2) is 29.9 Å². The molecule has 1 aliphatic heterocycles. The lowest BCUT2D eigenvalue weighted by Gasteiger charge is -2.26. The maximum absolute atomic E-state index is 12.2. The van der Waals surface area contributed by atoms with Gasteiger partial charge >= 0.3 is 0 Å². The van der Waals surface area contributed by atoms with Gasteiger partial charge in [0.05, 0.1) is 0 Å². The van der Waals surface area contributed by atoms with Gasteiger partial charge in [-0.25, -0.2) is 0 Å². The predicted molar refractivity (Wildman–Crippen MR) is 76.8 cm³/mol. The van der Waals surface area contributed by atoms with Crippen molar-refractivity contribution in [3.63, 3.8) is 0 Å². The summed E-state index contributed by atoms with van der Waals surface area (Å²) in [7, 11) is 0. The second kappa shape index (κ2) is 7.34. The summed E-state index contributed by atoms with van der Waals surface area (Å²) >= 11 is 0. The SMILES string of the molecule is CC(CC1CCCCC1)C(=O)N1CC[C@@H](N)C1.Cl. The fraction of sp³-hybridized carbons (Fsp3) is 0.929. The Balaban J connectivity index is 0.00000162. The molecule has 2 aliphatic rings. The molecule has 1 unspecified atom stereocenters. The molecule has 106 valence electrons. The van der Waals surface area contributed by atoms with Gasteiger partial charge in [0.1, 0.15) is 0 Å². The van der Waals surface area contributed by atoms with Gasteiger partial charge in [-0.3, -0.25) is 4.79 Å². The van der Waals surface area contributed by atoms with Crippen molar-refractivity contribution in [2.75, 3.05) is 13.1 Å². The molecule has 3 nitrogen and oxygen atoms in total. The number of likely N-dealkylation sites (tertiary alicyclic amines) is 1. The lowest BCUT2D eigenvalue weighted by Crippen LogP contribution is -2.36. The molecule has 2 rings (SSSR count). The van der Waals surface area contributed by atoms with E-state index in [-0.39, 0.29) is 24.4 Å². The number of nitrogens with zero attached hydrogens (tertiary/aromatic N) is 1. The molecule has 2 fully saturated rings. The number of halogens is 1. The Hall–Kier alpha value is -0.280. The average Bonchev–Trinajstić information content (AvgIpc) is 2.76. The lowest BCUT2D eigenvalue weighted by atomic mass is 9.83. The zero-order valence-corrected chi connectivity index (χ0v) is 12.3. The van der Waals surface area contributed by atoms with Crippen LogP contribution in [0.25, 0.3) is 0 Å². The first kappa shape index (κ1) is 15.8. The van der Waals surface area contributed by atoms with E-state index < -0.39 is 0 Å². The summed E-state index contributed by atoms with van der Waals surface area (Å²) in [5.74, 6) is 1.32. The summed E-state index contributed by atoms with van der Waals surface area (Å²) in [6, 6.07) is 0.209. The monoisotopic (exact) mass is 274 g/mol. The summed E-state index contributed by atoms with van der Waals surface area (Å²) in [6.45, 7) is 3.74. The highest BCUT2D eigenvalue weighted by Gasteiger charge is 2.28. The molecule has 0 bridgehead atoms. The Bertz CT molecular complexity index is 267. The number of carbonyl (C=O) groups is 1. The average molecular weight is 275 g/mol. The minimum Gasteiger partial charge on any atom is -0.341 e. The minimum absolute atomic E-state index is 0. The third-order valence-electron chi connectivity index (χ3n) is 4.37. The van der Waals surface area contributed by atoms with Crippen LogP contribution in [-0.2, 0) is 4.79 Å². The summed E-state index contributed by atoms with van der Waals surface area (Å²) in [6.07, 6.45) is 8.83. The van der Waals surface area contributed by atoms with Crippen LogP contribution < -0.4 is 5.73 Å². The van der Waals surface area contributed by atoms with E-state index >= 15 is 0 Å². The molecule has 4 heteroatoms. The largest absolute Gasteiger partial charge is 0.341 e. The van der Waals surface area contributed by atoms with Crippen molar-refractivity contribution in [1.29, 1.82) is 0 Å². The summed E-state index contributed by atoms with van der Waals surface area (Å²) in [4.78, 5) is 14.2. The molecule has 18 heavy (non-hydrogen) atoms. The van der Waals surface area contributed by atoms with Gasteiger partial charge in [-0.05, 0) is 18.8 Å². The second-order valence-corrected chi connectivity index (χ2v) is 5.97. The number of hydrogen-bond acceptors (Lipinski definition) is 2. The minimum atomic E-state index is 0. The Morgan fingerprint density at radius 3 is 2.50 bits per heavy atom. The van der Waals surface area contributed by atoms with Gasteiger partial charge in [0.15, 0.2) is 0 Å². The highest BCUT2D eigenvalue weighted by molar-refractivity contribution is 5.85. The van der Waals surface area contributed by atoms with Gasteiger partial charge in [-0.2, -0.15) is 0 Å². The number of hydrogen-bond donors (Lipinski definition) is 1. The van der Waals surface area contributed by atoms with Crippen LogP contribution in [0.4, 0.5) is 0 Å². The third-order valence-corrected chi connectivity index (χ3v) is 4.37. The summed E-state index contributed by atoms with van der Waals surface area (Å²) < 4.78 is 0. The molecular formula is C14H27ClN2O. The van der Waals surface area contributed by atoms with Crippen LogP contribution in [0, 0.1) is 11.8 Å². The van der Waals surface area contributed by atoms with Crippen molar-refractivity contribution in [2.24, 2.45) is 17.6 Å². The van der Waals surface area contributed by atoms with E-state index in [4.69, 9.17) is 5.73 Å². The van der Waals surface area contributed by atoms with Crippen molar-refractivity contribution < 1.29 is 4.79 Å². The van der Waals surface area contributed by atoms with Crippen LogP contribution >= 0.6 is 12.4 Å². The second-order valence-electron chi connectivity index (χ2n) is 5.97. The number of rotatable bonds is 3. The zero-order chi connectivity index (χ0) is 12.3. The molecular weight excluding hydrogens is 248 g/mol. The van der Waals surface area contributed by atoms with Crippen molar-refractivity contribution in [3.05, 3.63) is 0 Å². The highest BCUT2D eigenvalue weighted by Crippen LogP contribution is 2.29. The van der Waals surface area contributed by atoms with Crippen molar-refractivity contribution in [1.82, 2.24) is 4.90 Å². The summed E-state index contributed by atoms with van der Waals surface area (Å²) in [5, 5.41) is 0. The number of carbonyl (C=O) groups excluding carboxylic acids is 1. The molecule has 0 aromatic rings. The van der Waals surface area contributed by atoms with Crippen molar-refractivity contribution in [2.45, 2.75) is 57.9 Å². The smallest absolute Gasteiger partial charge is 0.225 e. The molecule has 1 amide bonds. The number of amides is 1. The van der Waals surface area contributed by atoms with Gasteiger partial charge < -0.3 is 10.6 Å². The Morgan fingerprint density at radius 1 is 1.28 bits per heavy atom. The Morgan fingerprint density at radius 2 is 1.94 bits per heavy atom. The summed E-state index contributed by atoms with van der Waals surface area (Å²) in [5.41, 5.74) is 5.85. The highest BCUT2D eigenvalue weighted by atomic mass is 35.5. The van der Waals surface area contributed by atoms with Crippen LogP contribution in [0.3, 0.4) is 0 Å². The van der Waals surface area contributed by atoms with Crippen LogP contribution in [0.5, 0.6) is 0 Å². The van der Waals surface area contributed by atoms with Gasteiger partial charge in [-0.1, -0.05) is 39.0 Å². The van der Waals surface area contributed by atoms with E-state index in [1.165, 1.54) is 32.1 Å². The molecule has 0 aromatic carbocycles. The van der Waals surface area contributed by atoms with E-state index in [2.05, 4.69) is 6.92 Å². The van der Waals surface area contributed by atoms with E-state index in [1.807, 2.05) is 4.90 Å². The van der Waals surface area contributed by atoms with E-state index in [9.17, 15) is 4.79 Å². The first-order valence-corrected chi connectivity index (χ1v) is 7.21. The lowest BCUT2D eigenvalue weighted by molar-refractivity contribution is -0.134. The molecule has 1 heterocycles. The van der Waals surface area contributed by atoms with Crippen LogP contribution in [0.1, 0.15) is 51.9 Å². The first-order chi connectivity index (χ1) is 8.16. The maximum Gasteiger partial charge on any atom is 0.225 e.